The van der Waals surface area contributed by atoms with E-state index >= 15 is 0 Å². The SMILES string of the molecule is Cn1nc(C2CCOCC2)cc1NC(=O)C1(C(=O)O)CC=CCC1. The number of aryl methyl sites for hydroxylation is 1. The molecular formula is C17H23N3O4. The number of nitrogens with zero attached hydrogens (tertiary/aromatic N) is 2. The monoisotopic (exact) mass is 333 g/mol. The van der Waals surface area contributed by atoms with Gasteiger partial charge in [-0.15, -0.1) is 0 Å². The zero-order valence-electron chi connectivity index (χ0n) is 13.8. The van der Waals surface area contributed by atoms with Crippen molar-refractivity contribution in [2.75, 3.05) is 18.5 Å². The minimum Gasteiger partial charge on any atom is -0.480 e. The maximum absolute atomic E-state index is 12.7. The lowest BCUT2D eigenvalue weighted by Crippen LogP contribution is -2.44. The molecule has 1 aromatic heterocycles. The van der Waals surface area contributed by atoms with E-state index in [1.807, 2.05) is 12.1 Å². The number of carboxylic acid groups (broad SMARTS) is 1. The Hall–Kier alpha value is -2.15. The quantitative estimate of drug-likeness (QED) is 0.650. The third-order valence-electron chi connectivity index (χ3n) is 4.99. The number of anilines is 1. The van der Waals surface area contributed by atoms with E-state index in [0.29, 0.717) is 24.6 Å². The average Bonchev–Trinajstić information content (AvgIpc) is 2.97. The summed E-state index contributed by atoms with van der Waals surface area (Å²) in [6.07, 6.45) is 6.64. The Kier molecular flexibility index (Phi) is 4.71. The summed E-state index contributed by atoms with van der Waals surface area (Å²) in [5.74, 6) is -0.685. The molecule has 1 fully saturated rings. The van der Waals surface area contributed by atoms with Crippen molar-refractivity contribution in [1.82, 2.24) is 9.78 Å². The van der Waals surface area contributed by atoms with E-state index in [4.69, 9.17) is 4.74 Å². The second kappa shape index (κ2) is 6.76. The second-order valence-corrected chi connectivity index (χ2v) is 6.52. The molecule has 0 aromatic carbocycles. The molecule has 7 nitrogen and oxygen atoms in total. The van der Waals surface area contributed by atoms with Crippen LogP contribution < -0.4 is 5.32 Å². The van der Waals surface area contributed by atoms with Gasteiger partial charge in [-0.3, -0.25) is 14.3 Å². The molecule has 1 aliphatic heterocycles. The third kappa shape index (κ3) is 3.08. The van der Waals surface area contributed by atoms with Crippen LogP contribution in [0.3, 0.4) is 0 Å². The Bertz CT molecular complexity index is 661. The van der Waals surface area contributed by atoms with Crippen LogP contribution in [0.2, 0.25) is 0 Å². The van der Waals surface area contributed by atoms with E-state index in [1.165, 1.54) is 0 Å². The molecule has 0 radical (unpaired) electrons. The summed E-state index contributed by atoms with van der Waals surface area (Å²) in [5.41, 5.74) is -0.471. The number of hydrogen-bond acceptors (Lipinski definition) is 4. The van der Waals surface area contributed by atoms with Gasteiger partial charge in [0, 0.05) is 32.2 Å². The molecule has 0 spiro atoms. The van der Waals surface area contributed by atoms with Gasteiger partial charge in [-0.25, -0.2) is 0 Å². The molecule has 1 aromatic rings. The maximum Gasteiger partial charge on any atom is 0.319 e. The van der Waals surface area contributed by atoms with Gasteiger partial charge >= 0.3 is 5.97 Å². The second-order valence-electron chi connectivity index (χ2n) is 6.52. The summed E-state index contributed by atoms with van der Waals surface area (Å²) in [7, 11) is 1.76. The van der Waals surface area contributed by atoms with Crippen LogP contribution in [0.15, 0.2) is 18.2 Å². The van der Waals surface area contributed by atoms with Crippen molar-refractivity contribution in [3.8, 4) is 0 Å². The number of aromatic nitrogens is 2. The zero-order chi connectivity index (χ0) is 17.2. The predicted octanol–water partition coefficient (Wildman–Crippen LogP) is 2.06. The van der Waals surface area contributed by atoms with E-state index in [0.717, 1.165) is 31.7 Å². The molecule has 0 saturated carbocycles. The van der Waals surface area contributed by atoms with Crippen molar-refractivity contribution in [3.05, 3.63) is 23.9 Å². The normalized spacial score (nSPS) is 24.7. The number of aliphatic carboxylic acids is 1. The van der Waals surface area contributed by atoms with Crippen molar-refractivity contribution in [2.24, 2.45) is 12.5 Å². The van der Waals surface area contributed by atoms with E-state index in [9.17, 15) is 14.7 Å². The van der Waals surface area contributed by atoms with Gasteiger partial charge in [0.25, 0.3) is 0 Å². The van der Waals surface area contributed by atoms with E-state index in [-0.39, 0.29) is 6.42 Å². The van der Waals surface area contributed by atoms with Gasteiger partial charge in [0.1, 0.15) is 5.82 Å². The van der Waals surface area contributed by atoms with Gasteiger partial charge in [-0.1, -0.05) is 12.2 Å². The standard InChI is InChI=1S/C17H23N3O4/c1-20-14(11-13(19-20)12-5-9-24-10-6-12)18-15(21)17(16(22)23)7-3-2-4-8-17/h2-3,11-12H,4-10H2,1H3,(H,18,21)(H,22,23). The summed E-state index contributed by atoms with van der Waals surface area (Å²) >= 11 is 0. The number of rotatable bonds is 4. The van der Waals surface area contributed by atoms with Crippen LogP contribution in [0.1, 0.15) is 43.7 Å². The number of nitrogens with one attached hydrogen (secondary N) is 1. The molecule has 3 rings (SSSR count). The van der Waals surface area contributed by atoms with E-state index in [1.54, 1.807) is 17.8 Å². The van der Waals surface area contributed by atoms with Gasteiger partial charge in [0.2, 0.25) is 5.91 Å². The number of amides is 1. The lowest BCUT2D eigenvalue weighted by molar-refractivity contribution is -0.154. The Morgan fingerprint density at radius 2 is 2.12 bits per heavy atom. The highest BCUT2D eigenvalue weighted by Crippen LogP contribution is 2.35. The van der Waals surface area contributed by atoms with Crippen LogP contribution in [0.4, 0.5) is 5.82 Å². The fourth-order valence-corrected chi connectivity index (χ4v) is 3.37. The lowest BCUT2D eigenvalue weighted by Gasteiger charge is -2.28. The van der Waals surface area contributed by atoms with Gasteiger partial charge in [-0.05, 0) is 32.1 Å². The Labute approximate surface area is 140 Å². The van der Waals surface area contributed by atoms with Crippen LogP contribution in [-0.4, -0.2) is 40.0 Å². The fourth-order valence-electron chi connectivity index (χ4n) is 3.37. The van der Waals surface area contributed by atoms with Crippen LogP contribution in [0.25, 0.3) is 0 Å². The largest absolute Gasteiger partial charge is 0.480 e. The molecule has 1 saturated heterocycles. The molecule has 1 aliphatic carbocycles. The first-order valence-corrected chi connectivity index (χ1v) is 8.34. The summed E-state index contributed by atoms with van der Waals surface area (Å²) in [5, 5.41) is 16.8. The Balaban J connectivity index is 1.77. The molecule has 130 valence electrons. The highest BCUT2D eigenvalue weighted by Gasteiger charge is 2.46. The molecule has 24 heavy (non-hydrogen) atoms. The van der Waals surface area contributed by atoms with Crippen LogP contribution >= 0.6 is 0 Å². The molecule has 1 atom stereocenters. The van der Waals surface area contributed by atoms with Crippen molar-refractivity contribution < 1.29 is 19.4 Å². The Morgan fingerprint density at radius 1 is 1.38 bits per heavy atom. The minimum atomic E-state index is -1.39. The summed E-state index contributed by atoms with van der Waals surface area (Å²) < 4.78 is 6.97. The van der Waals surface area contributed by atoms with Gasteiger partial charge in [0.05, 0.1) is 5.69 Å². The van der Waals surface area contributed by atoms with Crippen LogP contribution in [0, 0.1) is 5.41 Å². The van der Waals surface area contributed by atoms with Crippen LogP contribution in [0.5, 0.6) is 0 Å². The molecule has 2 heterocycles. The number of allylic oxidation sites excluding steroid dienone is 2. The average molecular weight is 333 g/mol. The maximum atomic E-state index is 12.7. The number of carbonyl (C=O) groups is 2. The minimum absolute atomic E-state index is 0.221. The summed E-state index contributed by atoms with van der Waals surface area (Å²) in [4.78, 5) is 24.4. The highest BCUT2D eigenvalue weighted by atomic mass is 16.5. The highest BCUT2D eigenvalue weighted by molar-refractivity contribution is 6.08. The summed E-state index contributed by atoms with van der Waals surface area (Å²) in [6.45, 7) is 1.44. The molecule has 1 amide bonds. The molecular weight excluding hydrogens is 310 g/mol. The fraction of sp³-hybridized carbons (Fsp3) is 0.588. The van der Waals surface area contributed by atoms with Gasteiger partial charge < -0.3 is 15.2 Å². The molecule has 7 heteroatoms. The molecule has 0 bridgehead atoms. The smallest absolute Gasteiger partial charge is 0.319 e. The molecule has 2 N–H and O–H groups in total. The third-order valence-corrected chi connectivity index (χ3v) is 4.99. The van der Waals surface area contributed by atoms with Gasteiger partial charge in [0.15, 0.2) is 5.41 Å². The van der Waals surface area contributed by atoms with Crippen molar-refractivity contribution in [2.45, 2.75) is 38.0 Å². The van der Waals surface area contributed by atoms with E-state index < -0.39 is 17.3 Å². The lowest BCUT2D eigenvalue weighted by atomic mass is 9.76. The van der Waals surface area contributed by atoms with Crippen molar-refractivity contribution >= 4 is 17.7 Å². The number of hydrogen-bond donors (Lipinski definition) is 2. The number of carbonyl (C=O) groups excluding carboxylic acids is 1. The first kappa shape index (κ1) is 16.7. The summed E-state index contributed by atoms with van der Waals surface area (Å²) in [6, 6.07) is 1.85. The topological polar surface area (TPSA) is 93.5 Å². The first-order chi connectivity index (χ1) is 11.5. The predicted molar refractivity (Wildman–Crippen MR) is 87.7 cm³/mol. The molecule has 2 aliphatic rings. The van der Waals surface area contributed by atoms with Gasteiger partial charge in [-0.2, -0.15) is 5.10 Å². The Morgan fingerprint density at radius 3 is 2.75 bits per heavy atom. The van der Waals surface area contributed by atoms with Crippen molar-refractivity contribution in [3.63, 3.8) is 0 Å². The molecule has 1 unspecified atom stereocenters. The number of ether oxygens (including phenoxy) is 1. The van der Waals surface area contributed by atoms with E-state index in [2.05, 4.69) is 10.4 Å². The van der Waals surface area contributed by atoms with Crippen molar-refractivity contribution in [1.29, 1.82) is 0 Å². The zero-order valence-corrected chi connectivity index (χ0v) is 13.8. The first-order valence-electron chi connectivity index (χ1n) is 8.34. The van der Waals surface area contributed by atoms with Crippen LogP contribution in [-0.2, 0) is 21.4 Å². The number of carboxylic acids is 1.